The fourth-order valence-electron chi connectivity index (χ4n) is 4.52. The van der Waals surface area contributed by atoms with E-state index in [0.29, 0.717) is 12.1 Å². The van der Waals surface area contributed by atoms with E-state index in [0.717, 1.165) is 33.7 Å². The summed E-state index contributed by atoms with van der Waals surface area (Å²) < 4.78 is 27.1. The van der Waals surface area contributed by atoms with E-state index in [1.165, 1.54) is 4.90 Å². The minimum Gasteiger partial charge on any atom is -0.352 e. The van der Waals surface area contributed by atoms with Crippen molar-refractivity contribution in [2.75, 3.05) is 17.1 Å². The Balaban J connectivity index is 2.03. The Hall–Kier alpha value is -3.65. The van der Waals surface area contributed by atoms with Crippen molar-refractivity contribution >= 4 is 27.5 Å². The smallest absolute Gasteiger partial charge is 0.244 e. The van der Waals surface area contributed by atoms with Crippen molar-refractivity contribution in [2.24, 2.45) is 0 Å². The lowest BCUT2D eigenvalue weighted by atomic mass is 9.87. The molecule has 3 rings (SSSR count). The van der Waals surface area contributed by atoms with Gasteiger partial charge in [-0.05, 0) is 47.6 Å². The standard InChI is InChI=1S/C33H43N3O4S/c1-7-25(2)34-32(38)30(22-26-14-10-8-11-15-26)35(23-27-16-12-9-13-17-27)31(37)24-36(41(6,39)40)29-20-18-28(19-21-29)33(3,4)5/h8-21,25,30H,7,22-24H2,1-6H3,(H,34,38). The summed E-state index contributed by atoms with van der Waals surface area (Å²) in [6.07, 6.45) is 2.13. The first-order chi connectivity index (χ1) is 19.3. The number of nitrogens with one attached hydrogen (secondary N) is 1. The zero-order chi connectivity index (χ0) is 30.2. The molecule has 2 unspecified atom stereocenters. The Morgan fingerprint density at radius 1 is 0.854 bits per heavy atom. The molecule has 41 heavy (non-hydrogen) atoms. The van der Waals surface area contributed by atoms with Gasteiger partial charge in [0.1, 0.15) is 12.6 Å². The lowest BCUT2D eigenvalue weighted by molar-refractivity contribution is -0.140. The fraction of sp³-hybridized carbons (Fsp3) is 0.394. The summed E-state index contributed by atoms with van der Waals surface area (Å²) in [5.74, 6) is -0.729. The van der Waals surface area contributed by atoms with Crippen LogP contribution in [0.3, 0.4) is 0 Å². The first kappa shape index (κ1) is 31.9. The van der Waals surface area contributed by atoms with Crippen LogP contribution in [0.25, 0.3) is 0 Å². The van der Waals surface area contributed by atoms with Gasteiger partial charge in [0, 0.05) is 19.0 Å². The van der Waals surface area contributed by atoms with Crippen LogP contribution in [0.2, 0.25) is 0 Å². The van der Waals surface area contributed by atoms with Crippen molar-refractivity contribution in [1.82, 2.24) is 10.2 Å². The van der Waals surface area contributed by atoms with Gasteiger partial charge in [0.05, 0.1) is 11.9 Å². The van der Waals surface area contributed by atoms with Gasteiger partial charge in [-0.15, -0.1) is 0 Å². The van der Waals surface area contributed by atoms with Crippen LogP contribution in [0.4, 0.5) is 5.69 Å². The predicted molar refractivity (Wildman–Crippen MR) is 166 cm³/mol. The number of rotatable bonds is 12. The Morgan fingerprint density at radius 2 is 1.39 bits per heavy atom. The number of hydrogen-bond donors (Lipinski definition) is 1. The number of benzene rings is 3. The minimum atomic E-state index is -3.81. The molecular weight excluding hydrogens is 534 g/mol. The monoisotopic (exact) mass is 577 g/mol. The summed E-state index contributed by atoms with van der Waals surface area (Å²) in [6, 6.07) is 25.3. The lowest BCUT2D eigenvalue weighted by Crippen LogP contribution is -2.54. The molecule has 0 bridgehead atoms. The Labute approximate surface area is 245 Å². The Kier molecular flexibility index (Phi) is 10.7. The molecule has 0 aliphatic carbocycles. The van der Waals surface area contributed by atoms with Gasteiger partial charge in [-0.3, -0.25) is 13.9 Å². The van der Waals surface area contributed by atoms with E-state index >= 15 is 0 Å². The normalized spacial score (nSPS) is 13.2. The minimum absolute atomic E-state index is 0.0803. The lowest BCUT2D eigenvalue weighted by Gasteiger charge is -2.34. The second kappa shape index (κ2) is 13.8. The molecule has 8 heteroatoms. The highest BCUT2D eigenvalue weighted by atomic mass is 32.2. The second-order valence-electron chi connectivity index (χ2n) is 11.6. The van der Waals surface area contributed by atoms with E-state index in [1.807, 2.05) is 86.6 Å². The number of hydrogen-bond acceptors (Lipinski definition) is 4. The van der Waals surface area contributed by atoms with Gasteiger partial charge in [0.15, 0.2) is 0 Å². The summed E-state index contributed by atoms with van der Waals surface area (Å²) >= 11 is 0. The van der Waals surface area contributed by atoms with E-state index in [9.17, 15) is 18.0 Å². The van der Waals surface area contributed by atoms with Crippen molar-refractivity contribution in [2.45, 2.75) is 71.5 Å². The van der Waals surface area contributed by atoms with Crippen LogP contribution in [-0.4, -0.2) is 50.0 Å². The molecule has 2 atom stereocenters. The Morgan fingerprint density at radius 3 is 1.88 bits per heavy atom. The average Bonchev–Trinajstić information content (AvgIpc) is 2.93. The molecular formula is C33H43N3O4S. The number of nitrogens with zero attached hydrogens (tertiary/aromatic N) is 2. The maximum absolute atomic E-state index is 14.1. The van der Waals surface area contributed by atoms with Gasteiger partial charge in [-0.25, -0.2) is 8.42 Å². The van der Waals surface area contributed by atoms with Crippen molar-refractivity contribution in [1.29, 1.82) is 0 Å². The molecule has 0 aromatic heterocycles. The van der Waals surface area contributed by atoms with E-state index in [2.05, 4.69) is 26.1 Å². The fourth-order valence-corrected chi connectivity index (χ4v) is 5.37. The largest absolute Gasteiger partial charge is 0.352 e. The highest BCUT2D eigenvalue weighted by molar-refractivity contribution is 7.92. The molecule has 3 aromatic rings. The van der Waals surface area contributed by atoms with Gasteiger partial charge >= 0.3 is 0 Å². The summed E-state index contributed by atoms with van der Waals surface area (Å²) in [6.45, 7) is 9.89. The van der Waals surface area contributed by atoms with Gasteiger partial charge < -0.3 is 10.2 Å². The maximum atomic E-state index is 14.1. The topological polar surface area (TPSA) is 86.8 Å². The molecule has 2 amide bonds. The SMILES string of the molecule is CCC(C)NC(=O)C(Cc1ccccc1)N(Cc1ccccc1)C(=O)CN(c1ccc(C(C)(C)C)cc1)S(C)(=O)=O. The van der Waals surface area contributed by atoms with Crippen molar-refractivity contribution in [3.05, 3.63) is 102 Å². The van der Waals surface area contributed by atoms with E-state index in [1.54, 1.807) is 12.1 Å². The molecule has 0 heterocycles. The van der Waals surface area contributed by atoms with Crippen LogP contribution >= 0.6 is 0 Å². The number of carbonyl (C=O) groups is 2. The maximum Gasteiger partial charge on any atom is 0.244 e. The highest BCUT2D eigenvalue weighted by Crippen LogP contribution is 2.26. The third-order valence-electron chi connectivity index (χ3n) is 7.17. The average molecular weight is 578 g/mol. The first-order valence-electron chi connectivity index (χ1n) is 14.1. The van der Waals surface area contributed by atoms with Gasteiger partial charge in [0.25, 0.3) is 0 Å². The molecule has 0 fully saturated rings. The van der Waals surface area contributed by atoms with E-state index in [4.69, 9.17) is 0 Å². The molecule has 0 radical (unpaired) electrons. The van der Waals surface area contributed by atoms with Crippen molar-refractivity contribution < 1.29 is 18.0 Å². The van der Waals surface area contributed by atoms with Crippen LogP contribution in [0.1, 0.15) is 57.7 Å². The summed E-state index contributed by atoms with van der Waals surface area (Å²) in [7, 11) is -3.81. The van der Waals surface area contributed by atoms with Crippen molar-refractivity contribution in [3.8, 4) is 0 Å². The van der Waals surface area contributed by atoms with Crippen LogP contribution in [0.5, 0.6) is 0 Å². The van der Waals surface area contributed by atoms with Gasteiger partial charge in [-0.1, -0.05) is 100 Å². The quantitative estimate of drug-likeness (QED) is 0.316. The predicted octanol–water partition coefficient (Wildman–Crippen LogP) is 5.30. The first-order valence-corrected chi connectivity index (χ1v) is 15.9. The molecule has 0 spiro atoms. The molecule has 7 nitrogen and oxygen atoms in total. The molecule has 0 saturated carbocycles. The van der Waals surface area contributed by atoms with Crippen LogP contribution < -0.4 is 9.62 Å². The van der Waals surface area contributed by atoms with E-state index < -0.39 is 28.5 Å². The summed E-state index contributed by atoms with van der Waals surface area (Å²) in [4.78, 5) is 29.4. The van der Waals surface area contributed by atoms with Crippen LogP contribution in [0, 0.1) is 0 Å². The van der Waals surface area contributed by atoms with Crippen LogP contribution in [0.15, 0.2) is 84.9 Å². The molecule has 0 aliphatic rings. The molecule has 0 aliphatic heterocycles. The van der Waals surface area contributed by atoms with Crippen LogP contribution in [-0.2, 0) is 38.0 Å². The Bertz CT molecular complexity index is 1390. The van der Waals surface area contributed by atoms with E-state index in [-0.39, 0.29) is 23.9 Å². The molecule has 3 aromatic carbocycles. The number of carbonyl (C=O) groups excluding carboxylic acids is 2. The number of anilines is 1. The van der Waals surface area contributed by atoms with Crippen molar-refractivity contribution in [3.63, 3.8) is 0 Å². The third-order valence-corrected chi connectivity index (χ3v) is 8.31. The number of sulfonamides is 1. The second-order valence-corrected chi connectivity index (χ2v) is 13.5. The van der Waals surface area contributed by atoms with Gasteiger partial charge in [0.2, 0.25) is 21.8 Å². The number of amides is 2. The van der Waals surface area contributed by atoms with Gasteiger partial charge in [-0.2, -0.15) is 0 Å². The highest BCUT2D eigenvalue weighted by Gasteiger charge is 2.33. The zero-order valence-corrected chi connectivity index (χ0v) is 25.8. The third kappa shape index (κ3) is 9.18. The zero-order valence-electron chi connectivity index (χ0n) is 25.0. The summed E-state index contributed by atoms with van der Waals surface area (Å²) in [5, 5.41) is 3.04. The summed E-state index contributed by atoms with van der Waals surface area (Å²) in [5.41, 5.74) is 3.09. The molecule has 0 saturated heterocycles. The molecule has 1 N–H and O–H groups in total. The molecule has 220 valence electrons.